The first-order valence-corrected chi connectivity index (χ1v) is 14.9. The fraction of sp³-hybridized carbons (Fsp3) is 0.138. The number of primary amides is 1. The summed E-state index contributed by atoms with van der Waals surface area (Å²) in [4.78, 5) is 28.8. The van der Waals surface area contributed by atoms with Gasteiger partial charge in [-0.2, -0.15) is 0 Å². The van der Waals surface area contributed by atoms with Gasteiger partial charge in [-0.1, -0.05) is 53.5 Å². The molecular weight excluding hydrogens is 601 g/mol. The van der Waals surface area contributed by atoms with Crippen LogP contribution in [0, 0.1) is 0 Å². The van der Waals surface area contributed by atoms with Gasteiger partial charge in [0.05, 0.1) is 22.6 Å². The zero-order chi connectivity index (χ0) is 30.4. The lowest BCUT2D eigenvalue weighted by atomic mass is 10.0. The number of primary sulfonamides is 1. The molecule has 0 saturated carbocycles. The molecule has 1 aliphatic rings. The van der Waals surface area contributed by atoms with Gasteiger partial charge in [-0.15, -0.1) is 0 Å². The number of aromatic carboxylic acids is 1. The van der Waals surface area contributed by atoms with Crippen LogP contribution in [-0.2, 0) is 27.8 Å². The molecule has 4 aromatic rings. The number of anilines is 2. The Hall–Kier alpha value is -4.16. The molecular formula is C29H27Cl2N5O5S. The number of pyridine rings is 1. The highest BCUT2D eigenvalue weighted by Crippen LogP contribution is 2.35. The smallest absolute Gasteiger partial charge is 0.336 e. The van der Waals surface area contributed by atoms with E-state index in [1.54, 1.807) is 36.5 Å². The average molecular weight is 629 g/mol. The first-order chi connectivity index (χ1) is 19.9. The van der Waals surface area contributed by atoms with Gasteiger partial charge in [0.2, 0.25) is 15.9 Å². The normalized spacial score (nSPS) is 12.4. The van der Waals surface area contributed by atoms with Crippen molar-refractivity contribution in [2.75, 3.05) is 23.3 Å². The van der Waals surface area contributed by atoms with Crippen LogP contribution < -0.4 is 21.1 Å². The number of hydrogen-bond donors (Lipinski definition) is 4. The maximum atomic E-state index is 11.6. The van der Waals surface area contributed by atoms with E-state index >= 15 is 0 Å². The lowest BCUT2D eigenvalue weighted by Crippen LogP contribution is -2.34. The number of carboxylic acids is 1. The summed E-state index contributed by atoms with van der Waals surface area (Å²) in [6.07, 6.45) is 1.79. The Balaban J connectivity index is 0.000000244. The fourth-order valence-corrected chi connectivity index (χ4v) is 5.25. The molecule has 0 saturated heterocycles. The Morgan fingerprint density at radius 1 is 1.02 bits per heavy atom. The number of carbonyl (C=O) groups is 2. The number of sulfonamides is 1. The van der Waals surface area contributed by atoms with Crippen molar-refractivity contribution in [3.8, 4) is 11.1 Å². The van der Waals surface area contributed by atoms with Crippen molar-refractivity contribution in [3.05, 3.63) is 106 Å². The van der Waals surface area contributed by atoms with E-state index in [4.69, 9.17) is 34.1 Å². The predicted octanol–water partition coefficient (Wildman–Crippen LogP) is 4.55. The number of nitrogens with one attached hydrogen (secondary N) is 1. The van der Waals surface area contributed by atoms with Gasteiger partial charge in [-0.3, -0.25) is 4.79 Å². The van der Waals surface area contributed by atoms with Gasteiger partial charge in [-0.05, 0) is 59.2 Å². The van der Waals surface area contributed by atoms with Crippen LogP contribution in [-0.4, -0.2) is 43.5 Å². The third-order valence-corrected chi connectivity index (χ3v) is 7.88. The fourth-order valence-electron chi connectivity index (χ4n) is 4.36. The highest BCUT2D eigenvalue weighted by Gasteiger charge is 2.21. The Labute approximate surface area is 252 Å². The van der Waals surface area contributed by atoms with Gasteiger partial charge in [-0.25, -0.2) is 23.3 Å². The monoisotopic (exact) mass is 627 g/mol. The van der Waals surface area contributed by atoms with Crippen LogP contribution in [0.3, 0.4) is 0 Å². The molecule has 0 aliphatic carbocycles. The second kappa shape index (κ2) is 13.2. The van der Waals surface area contributed by atoms with Crippen LogP contribution in [0.15, 0.2) is 83.9 Å². The number of carboxylic acid groups (broad SMARTS) is 1. The van der Waals surface area contributed by atoms with Gasteiger partial charge in [0.15, 0.2) is 0 Å². The number of carbonyl (C=O) groups excluding carboxylic acids is 1. The number of benzene rings is 3. The SMILES string of the molecule is NC(=O)Cc1ccc(S(N)(=O)=O)cc1.O=C(O)c1ccccc1-c1cnc2c(c1)N(Cc1cc(Cl)ccc1Cl)CCN2. The highest BCUT2D eigenvalue weighted by atomic mass is 35.5. The van der Waals surface area contributed by atoms with Crippen molar-refractivity contribution in [2.45, 2.75) is 17.9 Å². The van der Waals surface area contributed by atoms with E-state index in [1.807, 2.05) is 18.2 Å². The second-order valence-electron chi connectivity index (χ2n) is 9.36. The Kier molecular flexibility index (Phi) is 9.69. The minimum atomic E-state index is -3.66. The van der Waals surface area contributed by atoms with E-state index < -0.39 is 21.9 Å². The van der Waals surface area contributed by atoms with Gasteiger partial charge in [0.1, 0.15) is 5.82 Å². The first-order valence-electron chi connectivity index (χ1n) is 12.6. The molecule has 6 N–H and O–H groups in total. The number of rotatable bonds is 7. The van der Waals surface area contributed by atoms with Crippen molar-refractivity contribution >= 4 is 56.6 Å². The van der Waals surface area contributed by atoms with Crippen molar-refractivity contribution < 1.29 is 23.1 Å². The number of nitrogens with two attached hydrogens (primary N) is 2. The number of halogens is 2. The Morgan fingerprint density at radius 2 is 1.74 bits per heavy atom. The molecule has 13 heteroatoms. The van der Waals surface area contributed by atoms with Crippen LogP contribution in [0.5, 0.6) is 0 Å². The molecule has 1 aromatic heterocycles. The third-order valence-electron chi connectivity index (χ3n) is 6.35. The zero-order valence-electron chi connectivity index (χ0n) is 22.1. The van der Waals surface area contributed by atoms with E-state index in [9.17, 15) is 23.1 Å². The van der Waals surface area contributed by atoms with Crippen molar-refractivity contribution in [2.24, 2.45) is 10.9 Å². The molecule has 218 valence electrons. The topological polar surface area (TPSA) is 169 Å². The third kappa shape index (κ3) is 7.77. The second-order valence-corrected chi connectivity index (χ2v) is 11.8. The largest absolute Gasteiger partial charge is 0.478 e. The molecule has 0 unspecified atom stereocenters. The number of nitrogens with zero attached hydrogens (tertiary/aromatic N) is 2. The maximum Gasteiger partial charge on any atom is 0.336 e. The van der Waals surface area contributed by atoms with E-state index in [0.29, 0.717) is 27.7 Å². The molecule has 0 spiro atoms. The first kappa shape index (κ1) is 30.8. The van der Waals surface area contributed by atoms with Crippen molar-refractivity contribution in [1.29, 1.82) is 0 Å². The van der Waals surface area contributed by atoms with Crippen LogP contribution in [0.2, 0.25) is 10.0 Å². The minimum Gasteiger partial charge on any atom is -0.478 e. The summed E-state index contributed by atoms with van der Waals surface area (Å²) < 4.78 is 21.7. The molecule has 10 nitrogen and oxygen atoms in total. The summed E-state index contributed by atoms with van der Waals surface area (Å²) in [7, 11) is -3.66. The molecule has 1 aliphatic heterocycles. The van der Waals surface area contributed by atoms with Gasteiger partial charge >= 0.3 is 5.97 Å². The number of fused-ring (bicyclic) bond motifs is 1. The van der Waals surface area contributed by atoms with E-state index in [1.165, 1.54) is 24.3 Å². The highest BCUT2D eigenvalue weighted by molar-refractivity contribution is 7.89. The summed E-state index contributed by atoms with van der Waals surface area (Å²) in [6.45, 7) is 2.10. The summed E-state index contributed by atoms with van der Waals surface area (Å²) in [5.74, 6) is -0.664. The predicted molar refractivity (Wildman–Crippen MR) is 163 cm³/mol. The van der Waals surface area contributed by atoms with Gasteiger partial charge in [0, 0.05) is 41.4 Å². The molecule has 0 fully saturated rings. The molecule has 5 rings (SSSR count). The van der Waals surface area contributed by atoms with Crippen molar-refractivity contribution in [1.82, 2.24) is 4.98 Å². The van der Waals surface area contributed by atoms with Crippen LogP contribution in [0.4, 0.5) is 11.5 Å². The molecule has 0 atom stereocenters. The van der Waals surface area contributed by atoms with E-state index in [0.717, 1.165) is 35.7 Å². The van der Waals surface area contributed by atoms with Gasteiger partial charge in [0.25, 0.3) is 0 Å². The maximum absolute atomic E-state index is 11.6. The standard InChI is InChI=1S/C21H17Cl2N3O2.C8H10N2O3S/c22-15-5-6-18(23)14(9-15)12-26-8-7-24-20-19(26)10-13(11-25-20)16-3-1-2-4-17(16)21(27)28;9-8(11)5-6-1-3-7(4-2-6)14(10,12)13/h1-6,9-11H,7-8,12H2,(H,24,25)(H,27,28);1-4H,5H2,(H2,9,11)(H2,10,12,13). The van der Waals surface area contributed by atoms with Crippen LogP contribution >= 0.6 is 23.2 Å². The molecule has 0 bridgehead atoms. The molecule has 42 heavy (non-hydrogen) atoms. The Morgan fingerprint density at radius 3 is 2.40 bits per heavy atom. The van der Waals surface area contributed by atoms with Crippen LogP contribution in [0.1, 0.15) is 21.5 Å². The number of aromatic nitrogens is 1. The lowest BCUT2D eigenvalue weighted by Gasteiger charge is -2.32. The van der Waals surface area contributed by atoms with Gasteiger partial charge < -0.3 is 21.1 Å². The number of hydrogen-bond acceptors (Lipinski definition) is 7. The van der Waals surface area contributed by atoms with Crippen molar-refractivity contribution in [3.63, 3.8) is 0 Å². The summed E-state index contributed by atoms with van der Waals surface area (Å²) >= 11 is 12.5. The number of amides is 1. The molecule has 2 heterocycles. The molecule has 3 aromatic carbocycles. The summed E-state index contributed by atoms with van der Waals surface area (Å²) in [5.41, 5.74) is 9.09. The molecule has 0 radical (unpaired) electrons. The molecule has 1 amide bonds. The van der Waals surface area contributed by atoms with E-state index in [-0.39, 0.29) is 16.9 Å². The summed E-state index contributed by atoms with van der Waals surface area (Å²) in [6, 6.07) is 20.0. The quantitative estimate of drug-likeness (QED) is 0.231. The summed E-state index contributed by atoms with van der Waals surface area (Å²) in [5, 5.41) is 19.0. The van der Waals surface area contributed by atoms with E-state index in [2.05, 4.69) is 15.2 Å². The zero-order valence-corrected chi connectivity index (χ0v) is 24.5. The lowest BCUT2D eigenvalue weighted by molar-refractivity contribution is -0.117. The minimum absolute atomic E-state index is 0.0192. The Bertz CT molecular complexity index is 1730. The van der Waals surface area contributed by atoms with Crippen LogP contribution in [0.25, 0.3) is 11.1 Å². The average Bonchev–Trinajstić information content (AvgIpc) is 2.95.